The molecule has 0 fully saturated rings. The molecule has 1 aliphatic heterocycles. The molecule has 1 aromatic heterocycles. The Morgan fingerprint density at radius 1 is 1.06 bits per heavy atom. The fraction of sp³-hybridized carbons (Fsp3) is 0.238. The molecule has 0 spiro atoms. The summed E-state index contributed by atoms with van der Waals surface area (Å²) < 4.78 is 81.0. The summed E-state index contributed by atoms with van der Waals surface area (Å²) in [5, 5.41) is 9.09. The summed E-state index contributed by atoms with van der Waals surface area (Å²) in [5.41, 5.74) is -0.915. The van der Waals surface area contributed by atoms with Gasteiger partial charge in [-0.3, -0.25) is 4.79 Å². The standard InChI is InChI=1S/C21H15BrF6N4O/c22-16-17(19(33)29-13-8-4-7-12(9-13)20(23,24)25)31-32-15(21(26,27)28)10-14(30-18(16)32)11-5-2-1-3-6-11/h1-9,14-15,30H,10H2,(H,29,33)/t14-,15+/m1/s1. The number of fused-ring (bicyclic) bond motifs is 1. The number of rotatable bonds is 3. The molecule has 1 amide bonds. The van der Waals surface area contributed by atoms with Gasteiger partial charge in [0.1, 0.15) is 5.82 Å². The van der Waals surface area contributed by atoms with Crippen molar-refractivity contribution in [3.05, 3.63) is 75.9 Å². The highest BCUT2D eigenvalue weighted by atomic mass is 79.9. The van der Waals surface area contributed by atoms with Crippen LogP contribution >= 0.6 is 15.9 Å². The summed E-state index contributed by atoms with van der Waals surface area (Å²) in [6.07, 6.45) is -9.63. The zero-order valence-electron chi connectivity index (χ0n) is 16.5. The van der Waals surface area contributed by atoms with Crippen LogP contribution in [0.1, 0.15) is 40.1 Å². The van der Waals surface area contributed by atoms with Crippen LogP contribution in [0.15, 0.2) is 59.1 Å². The Kier molecular flexibility index (Phi) is 5.89. The molecule has 12 heteroatoms. The molecule has 1 aliphatic rings. The molecule has 0 radical (unpaired) electrons. The smallest absolute Gasteiger partial charge is 0.362 e. The molecule has 0 bridgehead atoms. The van der Waals surface area contributed by atoms with E-state index in [4.69, 9.17) is 0 Å². The summed E-state index contributed by atoms with van der Waals surface area (Å²) >= 11 is 3.14. The van der Waals surface area contributed by atoms with E-state index >= 15 is 0 Å². The van der Waals surface area contributed by atoms with Crippen LogP contribution in [0.3, 0.4) is 0 Å². The van der Waals surface area contributed by atoms with E-state index in [-0.39, 0.29) is 22.4 Å². The number of carbonyl (C=O) groups excluding carboxylic acids is 1. The van der Waals surface area contributed by atoms with E-state index in [2.05, 4.69) is 31.7 Å². The van der Waals surface area contributed by atoms with Crippen molar-refractivity contribution in [2.75, 3.05) is 10.6 Å². The molecule has 2 atom stereocenters. The highest BCUT2D eigenvalue weighted by molar-refractivity contribution is 9.10. The number of amides is 1. The molecule has 33 heavy (non-hydrogen) atoms. The largest absolute Gasteiger partial charge is 0.416 e. The van der Waals surface area contributed by atoms with Gasteiger partial charge in [-0.15, -0.1) is 0 Å². The van der Waals surface area contributed by atoms with Crippen LogP contribution in [0.2, 0.25) is 0 Å². The number of nitrogens with one attached hydrogen (secondary N) is 2. The van der Waals surface area contributed by atoms with Gasteiger partial charge in [0.25, 0.3) is 5.91 Å². The van der Waals surface area contributed by atoms with E-state index in [1.54, 1.807) is 30.3 Å². The first-order chi connectivity index (χ1) is 15.4. The van der Waals surface area contributed by atoms with Gasteiger partial charge >= 0.3 is 12.4 Å². The van der Waals surface area contributed by atoms with Crippen LogP contribution in [-0.4, -0.2) is 21.9 Å². The highest BCUT2D eigenvalue weighted by Gasteiger charge is 2.47. The van der Waals surface area contributed by atoms with Gasteiger partial charge < -0.3 is 10.6 Å². The van der Waals surface area contributed by atoms with Crippen molar-refractivity contribution in [2.45, 2.75) is 30.9 Å². The van der Waals surface area contributed by atoms with Gasteiger partial charge in [-0.25, -0.2) is 4.68 Å². The van der Waals surface area contributed by atoms with Gasteiger partial charge in [-0.05, 0) is 39.7 Å². The molecular weight excluding hydrogens is 518 g/mol. The van der Waals surface area contributed by atoms with Crippen molar-refractivity contribution in [2.24, 2.45) is 0 Å². The average molecular weight is 533 g/mol. The number of benzene rings is 2. The van der Waals surface area contributed by atoms with Crippen molar-refractivity contribution in [1.82, 2.24) is 9.78 Å². The second-order valence-electron chi connectivity index (χ2n) is 7.39. The quantitative estimate of drug-likeness (QED) is 0.375. The molecule has 0 saturated carbocycles. The minimum atomic E-state index is -4.65. The molecule has 5 nitrogen and oxygen atoms in total. The lowest BCUT2D eigenvalue weighted by molar-refractivity contribution is -0.173. The van der Waals surface area contributed by atoms with E-state index in [9.17, 15) is 31.1 Å². The molecule has 0 unspecified atom stereocenters. The van der Waals surface area contributed by atoms with E-state index in [0.717, 1.165) is 18.2 Å². The summed E-state index contributed by atoms with van der Waals surface area (Å²) in [5.74, 6) is -1.01. The van der Waals surface area contributed by atoms with Gasteiger partial charge in [0.2, 0.25) is 0 Å². The van der Waals surface area contributed by atoms with Crippen molar-refractivity contribution in [3.8, 4) is 0 Å². The van der Waals surface area contributed by atoms with Crippen LogP contribution in [-0.2, 0) is 6.18 Å². The van der Waals surface area contributed by atoms with E-state index in [0.29, 0.717) is 10.2 Å². The van der Waals surface area contributed by atoms with Crippen molar-refractivity contribution in [3.63, 3.8) is 0 Å². The normalized spacial score (nSPS) is 18.4. The molecule has 2 N–H and O–H groups in total. The number of hydrogen-bond acceptors (Lipinski definition) is 3. The zero-order chi connectivity index (χ0) is 24.0. The number of hydrogen-bond donors (Lipinski definition) is 2. The molecular formula is C21H15BrF6N4O. The fourth-order valence-electron chi connectivity index (χ4n) is 3.60. The summed E-state index contributed by atoms with van der Waals surface area (Å²) in [6.45, 7) is 0. The molecule has 2 aromatic carbocycles. The first-order valence-corrected chi connectivity index (χ1v) is 10.4. The maximum absolute atomic E-state index is 13.8. The molecule has 3 aromatic rings. The molecule has 174 valence electrons. The minimum absolute atomic E-state index is 0.0261. The predicted molar refractivity (Wildman–Crippen MR) is 112 cm³/mol. The SMILES string of the molecule is O=C(Nc1cccc(C(F)(F)F)c1)c1nn2c(c1Br)N[C@@H](c1ccccc1)C[C@H]2C(F)(F)F. The van der Waals surface area contributed by atoms with Gasteiger partial charge in [0.15, 0.2) is 11.7 Å². The summed E-state index contributed by atoms with van der Waals surface area (Å²) in [7, 11) is 0. The fourth-order valence-corrected chi connectivity index (χ4v) is 4.16. The molecule has 0 aliphatic carbocycles. The highest BCUT2D eigenvalue weighted by Crippen LogP contribution is 2.46. The molecule has 4 rings (SSSR count). The summed E-state index contributed by atoms with van der Waals surface area (Å²) in [6, 6.07) is 9.72. The van der Waals surface area contributed by atoms with Crippen molar-refractivity contribution in [1.29, 1.82) is 0 Å². The third kappa shape index (κ3) is 4.70. The molecule has 2 heterocycles. The zero-order valence-corrected chi connectivity index (χ0v) is 18.1. The second-order valence-corrected chi connectivity index (χ2v) is 8.18. The Hall–Kier alpha value is -3.02. The number of alkyl halides is 6. The van der Waals surface area contributed by atoms with Crippen molar-refractivity contribution < 1.29 is 31.1 Å². The number of carbonyl (C=O) groups is 1. The maximum atomic E-state index is 13.8. The third-order valence-corrected chi connectivity index (χ3v) is 5.91. The lowest BCUT2D eigenvalue weighted by Gasteiger charge is -2.33. The van der Waals surface area contributed by atoms with Gasteiger partial charge in [-0.1, -0.05) is 36.4 Å². The van der Waals surface area contributed by atoms with Crippen LogP contribution in [0.25, 0.3) is 0 Å². The monoisotopic (exact) mass is 532 g/mol. The van der Waals surface area contributed by atoms with Crippen LogP contribution in [0, 0.1) is 0 Å². The first kappa shape index (κ1) is 23.1. The first-order valence-electron chi connectivity index (χ1n) is 9.60. The van der Waals surface area contributed by atoms with E-state index in [1.165, 1.54) is 6.07 Å². The van der Waals surface area contributed by atoms with Crippen LogP contribution in [0.4, 0.5) is 37.8 Å². The Balaban J connectivity index is 1.68. The second kappa shape index (κ2) is 8.40. The maximum Gasteiger partial charge on any atom is 0.416 e. The van der Waals surface area contributed by atoms with Crippen LogP contribution < -0.4 is 10.6 Å². The van der Waals surface area contributed by atoms with Crippen molar-refractivity contribution >= 4 is 33.3 Å². The van der Waals surface area contributed by atoms with E-state index in [1.807, 2.05) is 0 Å². The molecule has 0 saturated heterocycles. The number of halogens is 7. The van der Waals surface area contributed by atoms with Crippen LogP contribution in [0.5, 0.6) is 0 Å². The Morgan fingerprint density at radius 3 is 2.39 bits per heavy atom. The Bertz CT molecular complexity index is 1180. The Morgan fingerprint density at radius 2 is 1.76 bits per heavy atom. The summed E-state index contributed by atoms with van der Waals surface area (Å²) in [4.78, 5) is 12.7. The van der Waals surface area contributed by atoms with Gasteiger partial charge in [-0.2, -0.15) is 31.4 Å². The topological polar surface area (TPSA) is 59.0 Å². The number of anilines is 2. The number of nitrogens with zero attached hydrogens (tertiary/aromatic N) is 2. The lowest BCUT2D eigenvalue weighted by atomic mass is 9.97. The minimum Gasteiger partial charge on any atom is -0.362 e. The van der Waals surface area contributed by atoms with E-state index < -0.39 is 41.6 Å². The van der Waals surface area contributed by atoms with Gasteiger partial charge in [0, 0.05) is 12.1 Å². The Labute approximate surface area is 191 Å². The van der Waals surface area contributed by atoms with Gasteiger partial charge in [0.05, 0.1) is 16.1 Å². The predicted octanol–water partition coefficient (Wildman–Crippen LogP) is 6.58. The average Bonchev–Trinajstić information content (AvgIpc) is 3.09. The number of aromatic nitrogens is 2. The lowest BCUT2D eigenvalue weighted by Crippen LogP contribution is -2.35. The third-order valence-electron chi connectivity index (χ3n) is 5.16.